The Bertz CT molecular complexity index is 655. The first-order chi connectivity index (χ1) is 11.1. The van der Waals surface area contributed by atoms with Gasteiger partial charge in [0.2, 0.25) is 5.91 Å². The first kappa shape index (κ1) is 18.5. The molecular formula is C17H25BN2O4. The maximum absolute atomic E-state index is 11.7. The lowest BCUT2D eigenvalue weighted by molar-refractivity contribution is 0.00578. The van der Waals surface area contributed by atoms with Crippen LogP contribution in [0.3, 0.4) is 0 Å². The van der Waals surface area contributed by atoms with E-state index in [1.807, 2.05) is 27.7 Å². The number of methoxy groups -OCH3 is 1. The number of rotatable bonds is 5. The van der Waals surface area contributed by atoms with Crippen LogP contribution in [-0.2, 0) is 9.31 Å². The zero-order valence-electron chi connectivity index (χ0n) is 14.9. The highest BCUT2D eigenvalue weighted by Gasteiger charge is 2.52. The molecular weight excluding hydrogens is 307 g/mol. The van der Waals surface area contributed by atoms with Gasteiger partial charge >= 0.3 is 7.12 Å². The van der Waals surface area contributed by atoms with E-state index in [1.165, 1.54) is 7.11 Å². The number of hydrogen-bond acceptors (Lipinski definition) is 5. The van der Waals surface area contributed by atoms with Crippen LogP contribution in [0.4, 0.5) is 0 Å². The topological polar surface area (TPSA) is 96.8 Å². The van der Waals surface area contributed by atoms with Gasteiger partial charge in [-0.05, 0) is 50.9 Å². The van der Waals surface area contributed by atoms with Crippen molar-refractivity contribution in [2.45, 2.75) is 38.9 Å². The summed E-state index contributed by atoms with van der Waals surface area (Å²) >= 11 is 0. The van der Waals surface area contributed by atoms with E-state index in [0.29, 0.717) is 16.9 Å². The predicted octanol–water partition coefficient (Wildman–Crippen LogP) is 1.77. The Morgan fingerprint density at radius 1 is 1.25 bits per heavy atom. The van der Waals surface area contributed by atoms with Gasteiger partial charge in [0.15, 0.2) is 0 Å². The third-order valence-electron chi connectivity index (χ3n) is 4.66. The van der Waals surface area contributed by atoms with Gasteiger partial charge in [0.05, 0.1) is 18.3 Å². The van der Waals surface area contributed by atoms with Crippen molar-refractivity contribution in [1.29, 1.82) is 0 Å². The lowest BCUT2D eigenvalue weighted by Gasteiger charge is -2.32. The Hall–Kier alpha value is -1.83. The van der Waals surface area contributed by atoms with E-state index >= 15 is 0 Å². The van der Waals surface area contributed by atoms with E-state index in [1.54, 1.807) is 24.3 Å². The van der Waals surface area contributed by atoms with Crippen LogP contribution in [0.5, 0.6) is 5.75 Å². The second kappa shape index (κ2) is 6.59. The third-order valence-corrected chi connectivity index (χ3v) is 4.66. The summed E-state index contributed by atoms with van der Waals surface area (Å²) in [5, 5.41) is 0. The molecule has 1 aromatic rings. The Kier molecular flexibility index (Phi) is 5.08. The summed E-state index contributed by atoms with van der Waals surface area (Å²) in [7, 11) is 0.966. The van der Waals surface area contributed by atoms with Crippen LogP contribution < -0.4 is 16.2 Å². The number of benzene rings is 1. The van der Waals surface area contributed by atoms with E-state index < -0.39 is 24.2 Å². The van der Waals surface area contributed by atoms with E-state index in [-0.39, 0.29) is 6.54 Å². The predicted molar refractivity (Wildman–Crippen MR) is 94.6 cm³/mol. The second-order valence-electron chi connectivity index (χ2n) is 6.83. The monoisotopic (exact) mass is 332 g/mol. The van der Waals surface area contributed by atoms with E-state index in [4.69, 9.17) is 25.5 Å². The summed E-state index contributed by atoms with van der Waals surface area (Å²) in [6.07, 6.45) is 1.79. The molecule has 0 saturated carbocycles. The minimum absolute atomic E-state index is 0.237. The van der Waals surface area contributed by atoms with Gasteiger partial charge in [0.25, 0.3) is 0 Å². The average Bonchev–Trinajstić information content (AvgIpc) is 2.72. The molecule has 0 unspecified atom stereocenters. The van der Waals surface area contributed by atoms with Crippen molar-refractivity contribution in [3.8, 4) is 5.75 Å². The van der Waals surface area contributed by atoms with Crippen LogP contribution in [0.25, 0.3) is 6.08 Å². The summed E-state index contributed by atoms with van der Waals surface area (Å²) in [5.41, 5.74) is 12.2. The molecule has 130 valence electrons. The molecule has 1 aliphatic rings. The molecule has 0 atom stereocenters. The fourth-order valence-electron chi connectivity index (χ4n) is 2.42. The maximum Gasteiger partial charge on any atom is 0.491 e. The first-order valence-corrected chi connectivity index (χ1v) is 7.85. The standard InChI is InChI=1S/C17H25BN2O4/c1-16(2)17(3,4)24-18(23-16)12(10-19)8-11-6-7-13(22-5)9-14(11)15(20)21/h6-9H,10,19H2,1-5H3,(H2,20,21). The average molecular weight is 332 g/mol. The van der Waals surface area contributed by atoms with Crippen molar-refractivity contribution in [3.05, 3.63) is 34.8 Å². The van der Waals surface area contributed by atoms with Gasteiger partial charge in [-0.2, -0.15) is 0 Å². The SMILES string of the molecule is COc1ccc(C=C(CN)B2OC(C)(C)C(C)(C)O2)c(C(N)=O)c1. The fraction of sp³-hybridized carbons (Fsp3) is 0.471. The van der Waals surface area contributed by atoms with Crippen molar-refractivity contribution < 1.29 is 18.8 Å². The lowest BCUT2D eigenvalue weighted by atomic mass is 9.76. The minimum Gasteiger partial charge on any atom is -0.497 e. The van der Waals surface area contributed by atoms with Crippen LogP contribution in [0.15, 0.2) is 23.7 Å². The number of nitrogens with two attached hydrogens (primary N) is 2. The molecule has 1 saturated heterocycles. The molecule has 1 heterocycles. The molecule has 0 aromatic heterocycles. The summed E-state index contributed by atoms with van der Waals surface area (Å²) in [6, 6.07) is 5.13. The molecule has 7 heteroatoms. The second-order valence-corrected chi connectivity index (χ2v) is 6.83. The first-order valence-electron chi connectivity index (χ1n) is 7.85. The van der Waals surface area contributed by atoms with Gasteiger partial charge < -0.3 is 25.5 Å². The number of carbonyl (C=O) groups is 1. The van der Waals surface area contributed by atoms with Gasteiger partial charge in [-0.15, -0.1) is 0 Å². The number of hydrogen-bond donors (Lipinski definition) is 2. The van der Waals surface area contributed by atoms with E-state index in [9.17, 15) is 4.79 Å². The van der Waals surface area contributed by atoms with Crippen molar-refractivity contribution in [1.82, 2.24) is 0 Å². The van der Waals surface area contributed by atoms with Gasteiger partial charge in [-0.1, -0.05) is 12.1 Å². The third kappa shape index (κ3) is 3.48. The molecule has 0 aliphatic carbocycles. The highest BCUT2D eigenvalue weighted by atomic mass is 16.7. The zero-order valence-corrected chi connectivity index (χ0v) is 14.9. The zero-order chi connectivity index (χ0) is 18.1. The number of amides is 1. The van der Waals surface area contributed by atoms with Crippen LogP contribution in [0.1, 0.15) is 43.6 Å². The number of carbonyl (C=O) groups excluding carboxylic acids is 1. The summed E-state index contributed by atoms with van der Waals surface area (Å²) in [6.45, 7) is 8.14. The molecule has 6 nitrogen and oxygen atoms in total. The smallest absolute Gasteiger partial charge is 0.491 e. The van der Waals surface area contributed by atoms with Crippen molar-refractivity contribution in [3.63, 3.8) is 0 Å². The highest BCUT2D eigenvalue weighted by molar-refractivity contribution is 6.56. The molecule has 4 N–H and O–H groups in total. The van der Waals surface area contributed by atoms with Crippen LogP contribution in [0, 0.1) is 0 Å². The van der Waals surface area contributed by atoms with E-state index in [0.717, 1.165) is 5.47 Å². The van der Waals surface area contributed by atoms with Gasteiger partial charge in [-0.25, -0.2) is 0 Å². The van der Waals surface area contributed by atoms with E-state index in [2.05, 4.69) is 0 Å². The quantitative estimate of drug-likeness (QED) is 0.801. The Labute approximate surface area is 143 Å². The maximum atomic E-state index is 11.7. The molecule has 0 radical (unpaired) electrons. The minimum atomic E-state index is -0.567. The Balaban J connectivity index is 2.40. The van der Waals surface area contributed by atoms with Crippen LogP contribution in [0.2, 0.25) is 0 Å². The van der Waals surface area contributed by atoms with Gasteiger partial charge in [-0.3, -0.25) is 4.79 Å². The normalized spacial score (nSPS) is 19.4. The van der Waals surface area contributed by atoms with Crippen molar-refractivity contribution >= 4 is 19.1 Å². The molecule has 1 aromatic carbocycles. The molecule has 0 spiro atoms. The fourth-order valence-corrected chi connectivity index (χ4v) is 2.42. The summed E-state index contributed by atoms with van der Waals surface area (Å²) in [4.78, 5) is 11.7. The largest absolute Gasteiger partial charge is 0.497 e. The lowest BCUT2D eigenvalue weighted by Crippen LogP contribution is -2.41. The van der Waals surface area contributed by atoms with Gasteiger partial charge in [0, 0.05) is 12.1 Å². The Morgan fingerprint density at radius 3 is 2.29 bits per heavy atom. The Morgan fingerprint density at radius 2 is 1.83 bits per heavy atom. The summed E-state index contributed by atoms with van der Waals surface area (Å²) in [5.74, 6) is 0.0244. The van der Waals surface area contributed by atoms with Crippen LogP contribution >= 0.6 is 0 Å². The molecule has 1 fully saturated rings. The van der Waals surface area contributed by atoms with Crippen LogP contribution in [-0.4, -0.2) is 37.9 Å². The van der Waals surface area contributed by atoms with Crippen molar-refractivity contribution in [2.24, 2.45) is 11.5 Å². The molecule has 1 amide bonds. The molecule has 2 rings (SSSR count). The number of primary amides is 1. The number of ether oxygens (including phenoxy) is 1. The molecule has 1 aliphatic heterocycles. The van der Waals surface area contributed by atoms with Gasteiger partial charge in [0.1, 0.15) is 5.75 Å². The highest BCUT2D eigenvalue weighted by Crippen LogP contribution is 2.38. The molecule has 0 bridgehead atoms. The molecule has 24 heavy (non-hydrogen) atoms. The van der Waals surface area contributed by atoms with Crippen molar-refractivity contribution in [2.75, 3.05) is 13.7 Å². The summed E-state index contributed by atoms with van der Waals surface area (Å²) < 4.78 is 17.2.